The molecule has 4 atom stereocenters. The van der Waals surface area contributed by atoms with Crippen LogP contribution in [0.15, 0.2) is 91.1 Å². The van der Waals surface area contributed by atoms with E-state index < -0.39 is 47.9 Å². The molecule has 3 aromatic carbocycles. The number of fused-ring (bicyclic) bond motifs is 1. The second kappa shape index (κ2) is 15.7. The van der Waals surface area contributed by atoms with E-state index in [-0.39, 0.29) is 25.2 Å². The van der Waals surface area contributed by atoms with Crippen molar-refractivity contribution in [3.8, 4) is 0 Å². The van der Waals surface area contributed by atoms with Gasteiger partial charge in [-0.1, -0.05) is 92.7 Å². The highest BCUT2D eigenvalue weighted by molar-refractivity contribution is 5.95. The van der Waals surface area contributed by atoms with E-state index in [1.807, 2.05) is 74.5 Å². The number of aromatic amines is 1. The second-order valence-corrected chi connectivity index (χ2v) is 11.7. The van der Waals surface area contributed by atoms with Crippen LogP contribution in [-0.2, 0) is 38.4 Å². The van der Waals surface area contributed by atoms with Crippen molar-refractivity contribution >= 4 is 34.6 Å². The fraction of sp³-hybridized carbons (Fsp3) is 0.314. The van der Waals surface area contributed by atoms with Gasteiger partial charge < -0.3 is 31.8 Å². The van der Waals surface area contributed by atoms with Crippen molar-refractivity contribution in [3.63, 3.8) is 0 Å². The lowest BCUT2D eigenvalue weighted by molar-refractivity contribution is -0.142. The molecule has 7 N–H and O–H groups in total. The number of nitrogens with two attached hydrogens (primary N) is 1. The van der Waals surface area contributed by atoms with Crippen molar-refractivity contribution in [2.24, 2.45) is 11.7 Å². The zero-order chi connectivity index (χ0) is 32.3. The number of carboxylic acid groups (broad SMARTS) is 1. The van der Waals surface area contributed by atoms with Crippen LogP contribution in [0.4, 0.5) is 0 Å². The molecule has 3 amide bonds. The van der Waals surface area contributed by atoms with E-state index in [9.17, 15) is 24.3 Å². The zero-order valence-corrected chi connectivity index (χ0v) is 25.5. The molecule has 45 heavy (non-hydrogen) atoms. The quantitative estimate of drug-likeness (QED) is 0.121. The van der Waals surface area contributed by atoms with Crippen LogP contribution in [0.25, 0.3) is 10.9 Å². The average molecular weight is 612 g/mol. The number of aliphatic carboxylic acids is 1. The first-order chi connectivity index (χ1) is 21.6. The lowest BCUT2D eigenvalue weighted by Crippen LogP contribution is -2.58. The van der Waals surface area contributed by atoms with Crippen molar-refractivity contribution < 1.29 is 24.3 Å². The van der Waals surface area contributed by atoms with Crippen LogP contribution < -0.4 is 21.7 Å². The summed E-state index contributed by atoms with van der Waals surface area (Å²) in [6, 6.07) is 21.5. The summed E-state index contributed by atoms with van der Waals surface area (Å²) in [7, 11) is 0. The number of benzene rings is 3. The molecule has 0 aliphatic carbocycles. The number of hydrogen-bond donors (Lipinski definition) is 6. The van der Waals surface area contributed by atoms with E-state index in [1.54, 1.807) is 30.5 Å². The van der Waals surface area contributed by atoms with Gasteiger partial charge in [0.25, 0.3) is 0 Å². The molecule has 0 bridgehead atoms. The van der Waals surface area contributed by atoms with E-state index >= 15 is 0 Å². The molecule has 0 spiro atoms. The summed E-state index contributed by atoms with van der Waals surface area (Å²) in [5.74, 6) is -2.73. The summed E-state index contributed by atoms with van der Waals surface area (Å²) in [5, 5.41) is 19.0. The third-order valence-corrected chi connectivity index (χ3v) is 7.61. The van der Waals surface area contributed by atoms with Gasteiger partial charge in [-0.3, -0.25) is 14.4 Å². The van der Waals surface area contributed by atoms with Gasteiger partial charge in [-0.2, -0.15) is 0 Å². The van der Waals surface area contributed by atoms with Gasteiger partial charge in [0.2, 0.25) is 17.7 Å². The van der Waals surface area contributed by atoms with E-state index in [0.29, 0.717) is 6.42 Å². The maximum absolute atomic E-state index is 13.9. The number of carbonyl (C=O) groups excluding carboxylic acids is 3. The van der Waals surface area contributed by atoms with Gasteiger partial charge in [-0.25, -0.2) is 4.79 Å². The molecule has 0 saturated carbocycles. The van der Waals surface area contributed by atoms with Crippen molar-refractivity contribution in [1.29, 1.82) is 0 Å². The SMILES string of the molecule is CC(C)CC(N)C(=O)NC(Cc1c[nH]c2ccccc12)C(=O)NC(Cc1ccccc1)C(=O)NC(Cc1ccccc1)C(=O)O. The fourth-order valence-electron chi connectivity index (χ4n) is 5.28. The Morgan fingerprint density at radius 3 is 1.76 bits per heavy atom. The Hall–Kier alpha value is -4.96. The number of carbonyl (C=O) groups is 4. The normalized spacial score (nSPS) is 13.9. The molecule has 0 aliphatic rings. The first-order valence-corrected chi connectivity index (χ1v) is 15.1. The molecule has 4 aromatic rings. The fourth-order valence-corrected chi connectivity index (χ4v) is 5.28. The Bertz CT molecular complexity index is 1590. The molecular formula is C35H41N5O5. The Balaban J connectivity index is 1.59. The number of carboxylic acids is 1. The summed E-state index contributed by atoms with van der Waals surface area (Å²) >= 11 is 0. The third kappa shape index (κ3) is 9.51. The molecule has 10 nitrogen and oxygen atoms in total. The number of nitrogens with one attached hydrogen (secondary N) is 4. The molecule has 0 radical (unpaired) electrons. The lowest BCUT2D eigenvalue weighted by atomic mass is 10.00. The first kappa shape index (κ1) is 32.9. The highest BCUT2D eigenvalue weighted by Crippen LogP contribution is 2.19. The minimum Gasteiger partial charge on any atom is -0.480 e. The standard InChI is InChI=1S/C35H41N5O5/c1-22(2)17-27(36)32(41)38-30(20-25-21-37-28-16-10-9-15-26(25)28)34(43)39-29(18-23-11-5-3-6-12-23)33(42)40-31(35(44)45)19-24-13-7-4-8-14-24/h3-16,21-22,27,29-31,37H,17-20,36H2,1-2H3,(H,38,41)(H,39,43)(H,40,42)(H,44,45). The van der Waals surface area contributed by atoms with E-state index in [0.717, 1.165) is 27.6 Å². The molecule has 10 heteroatoms. The van der Waals surface area contributed by atoms with Gasteiger partial charge in [0.15, 0.2) is 0 Å². The average Bonchev–Trinajstić information content (AvgIpc) is 3.43. The number of H-pyrrole nitrogens is 1. The summed E-state index contributed by atoms with van der Waals surface area (Å²) in [5.41, 5.74) is 9.36. The van der Waals surface area contributed by atoms with Gasteiger partial charge in [0.05, 0.1) is 6.04 Å². The maximum atomic E-state index is 13.9. The smallest absolute Gasteiger partial charge is 0.326 e. The van der Waals surface area contributed by atoms with Crippen LogP contribution in [0, 0.1) is 5.92 Å². The van der Waals surface area contributed by atoms with Crippen molar-refractivity contribution in [3.05, 3.63) is 108 Å². The Labute approximate surface area is 262 Å². The monoisotopic (exact) mass is 611 g/mol. The number of hydrogen-bond acceptors (Lipinski definition) is 5. The molecule has 1 aromatic heterocycles. The second-order valence-electron chi connectivity index (χ2n) is 11.7. The van der Waals surface area contributed by atoms with Crippen LogP contribution in [-0.4, -0.2) is 57.9 Å². The zero-order valence-electron chi connectivity index (χ0n) is 25.5. The van der Waals surface area contributed by atoms with Crippen LogP contribution >= 0.6 is 0 Å². The molecule has 0 saturated heterocycles. The number of para-hydroxylation sites is 1. The lowest BCUT2D eigenvalue weighted by Gasteiger charge is -2.26. The number of rotatable bonds is 15. The van der Waals surface area contributed by atoms with E-state index in [4.69, 9.17) is 5.73 Å². The van der Waals surface area contributed by atoms with Crippen LogP contribution in [0.3, 0.4) is 0 Å². The molecule has 0 aliphatic heterocycles. The predicted molar refractivity (Wildman–Crippen MR) is 173 cm³/mol. The number of aromatic nitrogens is 1. The maximum Gasteiger partial charge on any atom is 0.326 e. The van der Waals surface area contributed by atoms with Gasteiger partial charge >= 0.3 is 5.97 Å². The molecular weight excluding hydrogens is 570 g/mol. The highest BCUT2D eigenvalue weighted by atomic mass is 16.4. The number of amides is 3. The van der Waals surface area contributed by atoms with Crippen LogP contribution in [0.2, 0.25) is 0 Å². The molecule has 4 unspecified atom stereocenters. The Morgan fingerprint density at radius 1 is 0.689 bits per heavy atom. The first-order valence-electron chi connectivity index (χ1n) is 15.1. The molecule has 1 heterocycles. The highest BCUT2D eigenvalue weighted by Gasteiger charge is 2.31. The van der Waals surface area contributed by atoms with Gasteiger partial charge in [-0.15, -0.1) is 0 Å². The summed E-state index contributed by atoms with van der Waals surface area (Å²) in [4.78, 5) is 56.0. The topological polar surface area (TPSA) is 166 Å². The van der Waals surface area contributed by atoms with E-state index in [2.05, 4.69) is 20.9 Å². The summed E-state index contributed by atoms with van der Waals surface area (Å²) in [6.45, 7) is 3.91. The Morgan fingerprint density at radius 2 is 1.18 bits per heavy atom. The van der Waals surface area contributed by atoms with Gasteiger partial charge in [-0.05, 0) is 35.1 Å². The van der Waals surface area contributed by atoms with Crippen molar-refractivity contribution in [2.45, 2.75) is 63.7 Å². The van der Waals surface area contributed by atoms with E-state index in [1.165, 1.54) is 0 Å². The van der Waals surface area contributed by atoms with Crippen molar-refractivity contribution in [2.75, 3.05) is 0 Å². The van der Waals surface area contributed by atoms with Crippen molar-refractivity contribution in [1.82, 2.24) is 20.9 Å². The summed E-state index contributed by atoms with van der Waals surface area (Å²) in [6.07, 6.45) is 2.55. The van der Waals surface area contributed by atoms with Gasteiger partial charge in [0, 0.05) is 36.4 Å². The molecule has 0 fully saturated rings. The minimum atomic E-state index is -1.22. The third-order valence-electron chi connectivity index (χ3n) is 7.61. The van der Waals surface area contributed by atoms with Crippen LogP contribution in [0.1, 0.15) is 37.0 Å². The van der Waals surface area contributed by atoms with Gasteiger partial charge in [0.1, 0.15) is 18.1 Å². The minimum absolute atomic E-state index is 0.0703. The summed E-state index contributed by atoms with van der Waals surface area (Å²) < 4.78 is 0. The Kier molecular flexibility index (Phi) is 11.5. The largest absolute Gasteiger partial charge is 0.480 e. The molecule has 4 rings (SSSR count). The van der Waals surface area contributed by atoms with Crippen LogP contribution in [0.5, 0.6) is 0 Å². The molecule has 236 valence electrons. The predicted octanol–water partition coefficient (Wildman–Crippen LogP) is 3.11.